The third kappa shape index (κ3) is 2.14. The van der Waals surface area contributed by atoms with Crippen LogP contribution in [0.5, 0.6) is 0 Å². The first-order chi connectivity index (χ1) is 9.28. The van der Waals surface area contributed by atoms with Crippen molar-refractivity contribution in [3.05, 3.63) is 52.2 Å². The number of furan rings is 1. The molecule has 0 saturated heterocycles. The SMILES string of the molecule is N#CCc1nc(C(=O)c2cc3ccccc3o2)cs1. The van der Waals surface area contributed by atoms with Crippen LogP contribution < -0.4 is 0 Å². The Hall–Kier alpha value is -2.45. The first-order valence-corrected chi connectivity index (χ1v) is 6.50. The zero-order valence-corrected chi connectivity index (χ0v) is 10.6. The number of hydrogen-bond donors (Lipinski definition) is 0. The third-order valence-electron chi connectivity index (χ3n) is 2.66. The largest absolute Gasteiger partial charge is 0.453 e. The molecule has 0 amide bonds. The number of rotatable bonds is 3. The Morgan fingerprint density at radius 2 is 2.26 bits per heavy atom. The lowest BCUT2D eigenvalue weighted by Crippen LogP contribution is -2.00. The van der Waals surface area contributed by atoms with Gasteiger partial charge in [-0.2, -0.15) is 5.26 Å². The minimum absolute atomic E-state index is 0.220. The van der Waals surface area contributed by atoms with Crippen molar-refractivity contribution < 1.29 is 9.21 Å². The molecule has 0 aliphatic rings. The summed E-state index contributed by atoms with van der Waals surface area (Å²) < 4.78 is 5.50. The maximum Gasteiger partial charge on any atom is 0.247 e. The zero-order valence-electron chi connectivity index (χ0n) is 9.79. The van der Waals surface area contributed by atoms with Gasteiger partial charge in [-0.05, 0) is 12.1 Å². The molecule has 0 radical (unpaired) electrons. The summed E-state index contributed by atoms with van der Waals surface area (Å²) in [5.74, 6) is 0.0200. The predicted octanol–water partition coefficient (Wildman–Crippen LogP) is 3.19. The van der Waals surface area contributed by atoms with E-state index in [9.17, 15) is 4.79 Å². The molecule has 19 heavy (non-hydrogen) atoms. The normalized spacial score (nSPS) is 10.5. The highest BCUT2D eigenvalue weighted by Gasteiger charge is 2.17. The highest BCUT2D eigenvalue weighted by molar-refractivity contribution is 7.09. The number of aromatic nitrogens is 1. The van der Waals surface area contributed by atoms with Crippen LogP contribution in [-0.4, -0.2) is 10.8 Å². The number of hydrogen-bond acceptors (Lipinski definition) is 5. The van der Waals surface area contributed by atoms with Gasteiger partial charge in [-0.25, -0.2) is 4.98 Å². The highest BCUT2D eigenvalue weighted by Crippen LogP contribution is 2.22. The minimum Gasteiger partial charge on any atom is -0.453 e. The number of carbonyl (C=O) groups excluding carboxylic acids is 1. The molecule has 0 unspecified atom stereocenters. The fourth-order valence-electron chi connectivity index (χ4n) is 1.78. The van der Waals surface area contributed by atoms with Crippen molar-refractivity contribution in [3.63, 3.8) is 0 Å². The van der Waals surface area contributed by atoms with E-state index in [2.05, 4.69) is 4.98 Å². The molecular weight excluding hydrogens is 260 g/mol. The summed E-state index contributed by atoms with van der Waals surface area (Å²) in [6.07, 6.45) is 0.220. The van der Waals surface area contributed by atoms with E-state index < -0.39 is 0 Å². The molecule has 92 valence electrons. The fraction of sp³-hybridized carbons (Fsp3) is 0.0714. The number of nitriles is 1. The van der Waals surface area contributed by atoms with Gasteiger partial charge in [0, 0.05) is 10.8 Å². The van der Waals surface area contributed by atoms with E-state index in [1.54, 1.807) is 11.4 Å². The van der Waals surface area contributed by atoms with E-state index in [4.69, 9.17) is 9.68 Å². The predicted molar refractivity (Wildman–Crippen MR) is 71.1 cm³/mol. The van der Waals surface area contributed by atoms with Gasteiger partial charge in [0.25, 0.3) is 0 Å². The second-order valence-electron chi connectivity index (χ2n) is 3.94. The van der Waals surface area contributed by atoms with Crippen molar-refractivity contribution in [1.29, 1.82) is 5.26 Å². The highest BCUT2D eigenvalue weighted by atomic mass is 32.1. The van der Waals surface area contributed by atoms with E-state index in [-0.39, 0.29) is 18.0 Å². The number of thiazole rings is 1. The van der Waals surface area contributed by atoms with Crippen LogP contribution >= 0.6 is 11.3 Å². The standard InChI is InChI=1S/C14H8N2O2S/c15-6-5-13-16-10(8-19-13)14(17)12-7-9-3-1-2-4-11(9)18-12/h1-4,7-8H,5H2. The Kier molecular flexibility index (Phi) is 2.86. The lowest BCUT2D eigenvalue weighted by Gasteiger charge is -1.90. The molecule has 0 aliphatic carbocycles. The Morgan fingerprint density at radius 3 is 3.05 bits per heavy atom. The van der Waals surface area contributed by atoms with Crippen molar-refractivity contribution in [1.82, 2.24) is 4.98 Å². The van der Waals surface area contributed by atoms with Crippen LogP contribution in [0.4, 0.5) is 0 Å². The van der Waals surface area contributed by atoms with Crippen LogP contribution in [0.25, 0.3) is 11.0 Å². The summed E-state index contributed by atoms with van der Waals surface area (Å²) in [5.41, 5.74) is 1.01. The van der Waals surface area contributed by atoms with Gasteiger partial charge in [0.15, 0.2) is 5.76 Å². The maximum absolute atomic E-state index is 12.2. The molecule has 4 nitrogen and oxygen atoms in total. The van der Waals surface area contributed by atoms with Crippen LogP contribution in [-0.2, 0) is 6.42 Å². The number of carbonyl (C=O) groups is 1. The summed E-state index contributed by atoms with van der Waals surface area (Å²) in [5, 5.41) is 11.8. The molecule has 3 rings (SSSR count). The summed E-state index contributed by atoms with van der Waals surface area (Å²) in [4.78, 5) is 16.3. The van der Waals surface area contributed by atoms with Crippen molar-refractivity contribution in [2.24, 2.45) is 0 Å². The van der Waals surface area contributed by atoms with E-state index >= 15 is 0 Å². The van der Waals surface area contributed by atoms with Gasteiger partial charge in [0.2, 0.25) is 5.78 Å². The van der Waals surface area contributed by atoms with Gasteiger partial charge < -0.3 is 4.42 Å². The van der Waals surface area contributed by atoms with Crippen molar-refractivity contribution >= 4 is 28.1 Å². The third-order valence-corrected chi connectivity index (χ3v) is 3.51. The van der Waals surface area contributed by atoms with E-state index in [0.29, 0.717) is 16.3 Å². The second kappa shape index (κ2) is 4.67. The van der Waals surface area contributed by atoms with Gasteiger partial charge in [0.05, 0.1) is 12.5 Å². The average Bonchev–Trinajstić information content (AvgIpc) is 3.04. The number of para-hydroxylation sites is 1. The van der Waals surface area contributed by atoms with Gasteiger partial charge in [-0.1, -0.05) is 18.2 Å². The summed E-state index contributed by atoms with van der Waals surface area (Å²) >= 11 is 1.31. The van der Waals surface area contributed by atoms with Crippen LogP contribution in [0.1, 0.15) is 21.3 Å². The molecule has 0 N–H and O–H groups in total. The van der Waals surface area contributed by atoms with Gasteiger partial charge in [-0.3, -0.25) is 4.79 Å². The zero-order chi connectivity index (χ0) is 13.2. The van der Waals surface area contributed by atoms with Crippen molar-refractivity contribution in [2.45, 2.75) is 6.42 Å². The molecule has 5 heteroatoms. The quantitative estimate of drug-likeness (QED) is 0.684. The number of ketones is 1. The minimum atomic E-state index is -0.253. The molecule has 2 aromatic heterocycles. The fourth-order valence-corrected chi connectivity index (χ4v) is 2.49. The average molecular weight is 268 g/mol. The molecule has 0 saturated carbocycles. The molecule has 2 heterocycles. The first-order valence-electron chi connectivity index (χ1n) is 5.62. The monoisotopic (exact) mass is 268 g/mol. The van der Waals surface area contributed by atoms with E-state index in [1.165, 1.54) is 11.3 Å². The van der Waals surface area contributed by atoms with Gasteiger partial charge >= 0.3 is 0 Å². The molecule has 0 spiro atoms. The molecule has 0 aliphatic heterocycles. The lowest BCUT2D eigenvalue weighted by atomic mass is 10.2. The van der Waals surface area contributed by atoms with Crippen molar-refractivity contribution in [2.75, 3.05) is 0 Å². The summed E-state index contributed by atoms with van der Waals surface area (Å²) in [6.45, 7) is 0. The number of nitrogens with zero attached hydrogens (tertiary/aromatic N) is 2. The van der Waals surface area contributed by atoms with Gasteiger partial charge in [0.1, 0.15) is 16.3 Å². The second-order valence-corrected chi connectivity index (χ2v) is 4.88. The molecule has 0 bridgehead atoms. The smallest absolute Gasteiger partial charge is 0.247 e. The lowest BCUT2D eigenvalue weighted by molar-refractivity contribution is 0.101. The molecule has 0 fully saturated rings. The van der Waals surface area contributed by atoms with E-state index in [0.717, 1.165) is 5.39 Å². The molecule has 0 atom stereocenters. The van der Waals surface area contributed by atoms with Crippen molar-refractivity contribution in [3.8, 4) is 6.07 Å². The van der Waals surface area contributed by atoms with E-state index in [1.807, 2.05) is 30.3 Å². The first kappa shape index (κ1) is 11.6. The molecular formula is C14H8N2O2S. The Bertz CT molecular complexity index is 762. The molecule has 3 aromatic rings. The topological polar surface area (TPSA) is 66.9 Å². The van der Waals surface area contributed by atoms with Crippen LogP contribution in [0, 0.1) is 11.3 Å². The van der Waals surface area contributed by atoms with Crippen LogP contribution in [0.2, 0.25) is 0 Å². The Morgan fingerprint density at radius 1 is 1.42 bits per heavy atom. The van der Waals surface area contributed by atoms with Gasteiger partial charge in [-0.15, -0.1) is 11.3 Å². The number of fused-ring (bicyclic) bond motifs is 1. The summed E-state index contributed by atoms with van der Waals surface area (Å²) in [6, 6.07) is 11.2. The number of benzene rings is 1. The molecule has 1 aromatic carbocycles. The van der Waals surface area contributed by atoms with Crippen LogP contribution in [0.3, 0.4) is 0 Å². The Balaban J connectivity index is 1.96. The maximum atomic E-state index is 12.2. The van der Waals surface area contributed by atoms with Crippen LogP contribution in [0.15, 0.2) is 40.1 Å². The Labute approximate surface area is 112 Å². The summed E-state index contributed by atoms with van der Waals surface area (Å²) in [7, 11) is 0.